The second-order valence-corrected chi connectivity index (χ2v) is 3.17. The highest BCUT2D eigenvalue weighted by Gasteiger charge is 2.02. The number of phenols is 1. The van der Waals surface area contributed by atoms with Gasteiger partial charge in [-0.1, -0.05) is 0 Å². The van der Waals surface area contributed by atoms with E-state index in [2.05, 4.69) is 21.2 Å². The van der Waals surface area contributed by atoms with Gasteiger partial charge < -0.3 is 10.4 Å². The second kappa shape index (κ2) is 3.13. The van der Waals surface area contributed by atoms with Crippen LogP contribution in [0.1, 0.15) is 5.56 Å². The van der Waals surface area contributed by atoms with Gasteiger partial charge in [0.25, 0.3) is 0 Å². The van der Waals surface area contributed by atoms with Gasteiger partial charge in [-0.15, -0.1) is 0 Å². The predicted molar refractivity (Wildman–Crippen MR) is 50.1 cm³/mol. The average Bonchev–Trinajstić information content (AvgIpc) is 1.99. The van der Waals surface area contributed by atoms with Gasteiger partial charge in [-0.25, -0.2) is 0 Å². The van der Waals surface area contributed by atoms with Crippen LogP contribution in [-0.4, -0.2) is 12.2 Å². The Bertz CT molecular complexity index is 250. The summed E-state index contributed by atoms with van der Waals surface area (Å²) in [6.45, 7) is 1.94. The Labute approximate surface area is 74.4 Å². The molecule has 0 fully saturated rings. The van der Waals surface area contributed by atoms with Crippen LogP contribution in [0.2, 0.25) is 0 Å². The lowest BCUT2D eigenvalue weighted by Crippen LogP contribution is -1.88. The third kappa shape index (κ3) is 1.66. The molecule has 0 bridgehead atoms. The molecule has 0 amide bonds. The Morgan fingerprint density at radius 3 is 2.55 bits per heavy atom. The summed E-state index contributed by atoms with van der Waals surface area (Å²) in [5.74, 6) is 0.273. The lowest BCUT2D eigenvalue weighted by atomic mass is 10.2. The summed E-state index contributed by atoms with van der Waals surface area (Å²) in [6.07, 6.45) is 0. The van der Waals surface area contributed by atoms with Crippen LogP contribution in [-0.2, 0) is 0 Å². The highest BCUT2D eigenvalue weighted by Crippen LogP contribution is 2.30. The molecule has 1 aromatic carbocycles. The molecule has 0 aliphatic rings. The van der Waals surface area contributed by atoms with Gasteiger partial charge in [0.05, 0.1) is 4.47 Å². The summed E-state index contributed by atoms with van der Waals surface area (Å²) in [7, 11) is 1.82. The molecule has 0 unspecified atom stereocenters. The van der Waals surface area contributed by atoms with E-state index >= 15 is 0 Å². The minimum absolute atomic E-state index is 0.273. The quantitative estimate of drug-likeness (QED) is 0.755. The van der Waals surface area contributed by atoms with Gasteiger partial charge >= 0.3 is 0 Å². The van der Waals surface area contributed by atoms with E-state index in [0.717, 1.165) is 15.7 Å². The lowest BCUT2D eigenvalue weighted by Gasteiger charge is -2.05. The maximum Gasteiger partial charge on any atom is 0.132 e. The first-order chi connectivity index (χ1) is 5.15. The van der Waals surface area contributed by atoms with E-state index in [4.69, 9.17) is 0 Å². The van der Waals surface area contributed by atoms with E-state index in [-0.39, 0.29) is 5.75 Å². The number of benzene rings is 1. The summed E-state index contributed by atoms with van der Waals surface area (Å²) in [6, 6.07) is 3.64. The Balaban J connectivity index is 3.21. The molecule has 0 aliphatic heterocycles. The van der Waals surface area contributed by atoms with Crippen LogP contribution in [0.25, 0.3) is 0 Å². The molecule has 2 N–H and O–H groups in total. The van der Waals surface area contributed by atoms with E-state index in [9.17, 15) is 5.11 Å². The SMILES string of the molecule is CNc1cc(C)c(Br)c(O)c1. The number of halogens is 1. The fraction of sp³-hybridized carbons (Fsp3) is 0.250. The van der Waals surface area contributed by atoms with Gasteiger partial charge in [0, 0.05) is 18.8 Å². The molecule has 0 saturated heterocycles. The zero-order chi connectivity index (χ0) is 8.43. The monoisotopic (exact) mass is 215 g/mol. The van der Waals surface area contributed by atoms with Crippen molar-refractivity contribution in [3.05, 3.63) is 22.2 Å². The first-order valence-corrected chi connectivity index (χ1v) is 4.11. The summed E-state index contributed by atoms with van der Waals surface area (Å²) < 4.78 is 0.761. The molecular formula is C8H10BrNO. The number of rotatable bonds is 1. The second-order valence-electron chi connectivity index (χ2n) is 2.38. The average molecular weight is 216 g/mol. The van der Waals surface area contributed by atoms with Crippen LogP contribution < -0.4 is 5.32 Å². The van der Waals surface area contributed by atoms with Gasteiger partial charge in [-0.3, -0.25) is 0 Å². The van der Waals surface area contributed by atoms with Gasteiger partial charge in [0.2, 0.25) is 0 Å². The molecular weight excluding hydrogens is 206 g/mol. The summed E-state index contributed by atoms with van der Waals surface area (Å²) in [5.41, 5.74) is 1.94. The number of aromatic hydroxyl groups is 1. The number of aryl methyl sites for hydroxylation is 1. The minimum Gasteiger partial charge on any atom is -0.507 e. The Hall–Kier alpha value is -0.700. The van der Waals surface area contributed by atoms with Crippen LogP contribution in [0.3, 0.4) is 0 Å². The van der Waals surface area contributed by atoms with Crippen LogP contribution in [0.5, 0.6) is 5.75 Å². The standard InChI is InChI=1S/C8H10BrNO/c1-5-3-6(10-2)4-7(11)8(5)9/h3-4,10-11H,1-2H3. The van der Waals surface area contributed by atoms with E-state index in [1.54, 1.807) is 6.07 Å². The molecule has 0 aliphatic carbocycles. The summed E-state index contributed by atoms with van der Waals surface area (Å²) in [5, 5.41) is 12.3. The van der Waals surface area contributed by atoms with Crippen molar-refractivity contribution >= 4 is 21.6 Å². The number of anilines is 1. The third-order valence-electron chi connectivity index (χ3n) is 1.52. The van der Waals surface area contributed by atoms with Crippen LogP contribution in [0.4, 0.5) is 5.69 Å². The van der Waals surface area contributed by atoms with E-state index in [0.29, 0.717) is 0 Å². The van der Waals surface area contributed by atoms with Crippen molar-refractivity contribution in [3.63, 3.8) is 0 Å². The lowest BCUT2D eigenvalue weighted by molar-refractivity contribution is 0.471. The van der Waals surface area contributed by atoms with E-state index in [1.807, 2.05) is 20.0 Å². The van der Waals surface area contributed by atoms with Crippen molar-refractivity contribution in [2.45, 2.75) is 6.92 Å². The van der Waals surface area contributed by atoms with Crippen molar-refractivity contribution < 1.29 is 5.11 Å². The molecule has 2 nitrogen and oxygen atoms in total. The van der Waals surface area contributed by atoms with E-state index < -0.39 is 0 Å². The topological polar surface area (TPSA) is 32.3 Å². The fourth-order valence-electron chi connectivity index (χ4n) is 0.895. The van der Waals surface area contributed by atoms with Crippen LogP contribution in [0.15, 0.2) is 16.6 Å². The Morgan fingerprint density at radius 2 is 2.09 bits per heavy atom. The molecule has 0 heterocycles. The first-order valence-electron chi connectivity index (χ1n) is 3.32. The fourth-order valence-corrected chi connectivity index (χ4v) is 1.12. The maximum absolute atomic E-state index is 9.33. The molecule has 0 spiro atoms. The highest BCUT2D eigenvalue weighted by molar-refractivity contribution is 9.10. The third-order valence-corrected chi connectivity index (χ3v) is 2.56. The Kier molecular flexibility index (Phi) is 2.39. The van der Waals surface area contributed by atoms with Crippen molar-refractivity contribution in [2.75, 3.05) is 12.4 Å². The zero-order valence-corrected chi connectivity index (χ0v) is 8.07. The van der Waals surface area contributed by atoms with Crippen molar-refractivity contribution in [1.29, 1.82) is 0 Å². The minimum atomic E-state index is 0.273. The molecule has 1 aromatic rings. The van der Waals surface area contributed by atoms with Gasteiger partial charge in [0.1, 0.15) is 5.75 Å². The molecule has 0 radical (unpaired) electrons. The van der Waals surface area contributed by atoms with Gasteiger partial charge in [-0.2, -0.15) is 0 Å². The zero-order valence-electron chi connectivity index (χ0n) is 6.48. The summed E-state index contributed by atoms with van der Waals surface area (Å²) in [4.78, 5) is 0. The van der Waals surface area contributed by atoms with Gasteiger partial charge in [-0.05, 0) is 34.5 Å². The highest BCUT2D eigenvalue weighted by atomic mass is 79.9. The van der Waals surface area contributed by atoms with Crippen molar-refractivity contribution in [3.8, 4) is 5.75 Å². The van der Waals surface area contributed by atoms with E-state index in [1.165, 1.54) is 0 Å². The Morgan fingerprint density at radius 1 is 1.45 bits per heavy atom. The van der Waals surface area contributed by atoms with Gasteiger partial charge in [0.15, 0.2) is 0 Å². The van der Waals surface area contributed by atoms with Crippen LogP contribution >= 0.6 is 15.9 Å². The molecule has 11 heavy (non-hydrogen) atoms. The van der Waals surface area contributed by atoms with Crippen molar-refractivity contribution in [2.24, 2.45) is 0 Å². The number of phenolic OH excluding ortho intramolecular Hbond substituents is 1. The molecule has 3 heteroatoms. The summed E-state index contributed by atoms with van der Waals surface area (Å²) >= 11 is 3.26. The normalized spacial score (nSPS) is 9.73. The maximum atomic E-state index is 9.33. The molecule has 1 rings (SSSR count). The number of hydrogen-bond acceptors (Lipinski definition) is 2. The molecule has 0 atom stereocenters. The largest absolute Gasteiger partial charge is 0.507 e. The number of hydrogen-bond donors (Lipinski definition) is 2. The first kappa shape index (κ1) is 8.40. The predicted octanol–water partition coefficient (Wildman–Crippen LogP) is 2.50. The number of nitrogens with one attached hydrogen (secondary N) is 1. The van der Waals surface area contributed by atoms with Crippen LogP contribution in [0, 0.1) is 6.92 Å². The smallest absolute Gasteiger partial charge is 0.132 e. The molecule has 0 aromatic heterocycles. The molecule has 60 valence electrons. The van der Waals surface area contributed by atoms with Crippen molar-refractivity contribution in [1.82, 2.24) is 0 Å². The molecule has 0 saturated carbocycles.